The number of likely N-dealkylation sites (N-methyl/N-ethyl adjacent to an activating group) is 1. The normalized spacial score (nSPS) is 19.0. The number of carbonyl (C=O) groups is 2. The average Bonchev–Trinajstić information content (AvgIpc) is 3.52. The molecule has 1 spiro atoms. The number of halogens is 3. The van der Waals surface area contributed by atoms with E-state index < -0.39 is 29.6 Å². The number of aromatic nitrogens is 2. The number of hydrogen-bond acceptors (Lipinski definition) is 7. The number of hydrogen-bond donors (Lipinski definition) is 1. The molecule has 3 aliphatic heterocycles. The van der Waals surface area contributed by atoms with Gasteiger partial charge in [0, 0.05) is 51.1 Å². The Balaban J connectivity index is 1.28. The minimum Gasteiger partial charge on any atom is -0.377 e. The first kappa shape index (κ1) is 29.1. The monoisotopic (exact) mass is 594 g/mol. The Hall–Kier alpha value is -4.03. The Morgan fingerprint density at radius 2 is 1.95 bits per heavy atom. The molecule has 2 fully saturated rings. The van der Waals surface area contributed by atoms with Crippen LogP contribution in [0.15, 0.2) is 42.6 Å². The van der Waals surface area contributed by atoms with Crippen LogP contribution < -0.4 is 20.0 Å². The number of para-hydroxylation sites is 1. The molecule has 0 bridgehead atoms. The predicted octanol–water partition coefficient (Wildman–Crippen LogP) is 4.24. The van der Waals surface area contributed by atoms with Crippen molar-refractivity contribution in [1.82, 2.24) is 15.3 Å². The number of ether oxygens (including phenoxy) is 1. The molecular formula is C31H33F3N6O3. The van der Waals surface area contributed by atoms with Gasteiger partial charge in [0.25, 0.3) is 0 Å². The number of carbonyl (C=O) groups excluding carboxylic acids is 2. The maximum absolute atomic E-state index is 14.0. The molecule has 1 unspecified atom stereocenters. The summed E-state index contributed by atoms with van der Waals surface area (Å²) in [5.74, 6) is -1.01. The molecule has 2 aromatic heterocycles. The van der Waals surface area contributed by atoms with Gasteiger partial charge in [-0.15, -0.1) is 0 Å². The van der Waals surface area contributed by atoms with Crippen molar-refractivity contribution in [3.63, 3.8) is 0 Å². The van der Waals surface area contributed by atoms with Crippen LogP contribution in [0.3, 0.4) is 0 Å². The number of fused-ring (bicyclic) bond motifs is 2. The fraction of sp³-hybridized carbons (Fsp3) is 0.419. The van der Waals surface area contributed by atoms with Gasteiger partial charge in [-0.3, -0.25) is 24.8 Å². The van der Waals surface area contributed by atoms with Crippen molar-refractivity contribution in [3.8, 4) is 0 Å². The van der Waals surface area contributed by atoms with Gasteiger partial charge in [-0.2, -0.15) is 13.2 Å². The topological polar surface area (TPSA) is 90.9 Å². The average molecular weight is 595 g/mol. The molecule has 1 atom stereocenters. The molecule has 3 aromatic rings. The number of nitrogens with zero attached hydrogens (tertiary/aromatic N) is 5. The molecule has 226 valence electrons. The van der Waals surface area contributed by atoms with Crippen molar-refractivity contribution in [2.75, 3.05) is 42.0 Å². The van der Waals surface area contributed by atoms with E-state index in [1.807, 2.05) is 38.4 Å². The van der Waals surface area contributed by atoms with E-state index in [2.05, 4.69) is 21.3 Å². The van der Waals surface area contributed by atoms with Gasteiger partial charge in [0.1, 0.15) is 11.9 Å². The number of pyridine rings is 2. The zero-order chi connectivity index (χ0) is 30.7. The van der Waals surface area contributed by atoms with Crippen LogP contribution in [-0.2, 0) is 39.1 Å². The third-order valence-corrected chi connectivity index (χ3v) is 8.55. The minimum atomic E-state index is -4.61. The van der Waals surface area contributed by atoms with Crippen molar-refractivity contribution in [2.24, 2.45) is 0 Å². The summed E-state index contributed by atoms with van der Waals surface area (Å²) in [4.78, 5) is 40.4. The summed E-state index contributed by atoms with van der Waals surface area (Å²) < 4.78 is 46.1. The Bertz CT molecular complexity index is 1610. The molecular weight excluding hydrogens is 561 g/mol. The third-order valence-electron chi connectivity index (χ3n) is 8.55. The first-order valence-corrected chi connectivity index (χ1v) is 14.2. The van der Waals surface area contributed by atoms with Gasteiger partial charge in [0.05, 0.1) is 41.4 Å². The van der Waals surface area contributed by atoms with E-state index >= 15 is 0 Å². The van der Waals surface area contributed by atoms with E-state index in [9.17, 15) is 22.8 Å². The van der Waals surface area contributed by atoms with Gasteiger partial charge in [-0.25, -0.2) is 4.98 Å². The number of nitrogens with one attached hydrogen (secondary N) is 1. The first-order valence-electron chi connectivity index (χ1n) is 14.2. The van der Waals surface area contributed by atoms with E-state index in [1.165, 1.54) is 11.8 Å². The SMILES string of the molecule is Cc1cc(C(F)(F)F)cc(N2C(=O)CCC2C(=O)N(C)c2cccc(C)c2N(C)Cc2cnc3c(c2)C2(COC2)NC3)n1. The molecule has 0 aliphatic carbocycles. The summed E-state index contributed by atoms with van der Waals surface area (Å²) in [7, 11) is 3.57. The highest BCUT2D eigenvalue weighted by molar-refractivity contribution is 6.09. The second-order valence-corrected chi connectivity index (χ2v) is 11.6. The second-order valence-electron chi connectivity index (χ2n) is 11.6. The van der Waals surface area contributed by atoms with Crippen LogP contribution in [-0.4, -0.2) is 55.1 Å². The van der Waals surface area contributed by atoms with Gasteiger partial charge in [-0.1, -0.05) is 12.1 Å². The third kappa shape index (κ3) is 5.12. The molecule has 5 heterocycles. The Morgan fingerprint density at radius 3 is 2.65 bits per heavy atom. The molecule has 9 nitrogen and oxygen atoms in total. The number of benzene rings is 1. The lowest BCUT2D eigenvalue weighted by atomic mass is 9.89. The lowest BCUT2D eigenvalue weighted by Crippen LogP contribution is -2.53. The number of alkyl halides is 3. The second kappa shape index (κ2) is 10.6. The van der Waals surface area contributed by atoms with E-state index in [1.54, 1.807) is 7.05 Å². The number of anilines is 3. The zero-order valence-corrected chi connectivity index (χ0v) is 24.5. The first-order chi connectivity index (χ1) is 20.4. The largest absolute Gasteiger partial charge is 0.416 e. The van der Waals surface area contributed by atoms with Crippen molar-refractivity contribution in [3.05, 3.63) is 76.2 Å². The maximum atomic E-state index is 14.0. The fourth-order valence-corrected chi connectivity index (χ4v) is 6.34. The molecule has 12 heteroatoms. The highest BCUT2D eigenvalue weighted by Gasteiger charge is 2.46. The standard InChI is InChI=1S/C31H33F3N6O3/c1-18-6-5-7-24(28(18)38(3)15-20-11-22-23(35-13-20)14-36-30(22)16-43-17-30)39(4)29(42)25-8-9-27(41)40(25)26-12-21(31(32,33)34)10-19(2)37-26/h5-7,10-13,25,36H,8-9,14-17H2,1-4H3. The molecule has 2 saturated heterocycles. The molecule has 6 rings (SSSR count). The van der Waals surface area contributed by atoms with Crippen LogP contribution in [0.4, 0.5) is 30.4 Å². The van der Waals surface area contributed by atoms with Crippen molar-refractivity contribution < 1.29 is 27.5 Å². The molecule has 1 aromatic carbocycles. The maximum Gasteiger partial charge on any atom is 0.416 e. The van der Waals surface area contributed by atoms with Crippen LogP contribution in [0, 0.1) is 13.8 Å². The van der Waals surface area contributed by atoms with Gasteiger partial charge in [-0.05, 0) is 55.7 Å². The Labute approximate surface area is 247 Å². The number of rotatable bonds is 6. The lowest BCUT2D eigenvalue weighted by molar-refractivity contribution is -0.137. The molecule has 1 N–H and O–H groups in total. The van der Waals surface area contributed by atoms with Gasteiger partial charge >= 0.3 is 6.18 Å². The van der Waals surface area contributed by atoms with Crippen LogP contribution in [0.25, 0.3) is 0 Å². The van der Waals surface area contributed by atoms with E-state index in [0.29, 0.717) is 32.0 Å². The van der Waals surface area contributed by atoms with E-state index in [-0.39, 0.29) is 29.9 Å². The molecule has 3 aliphatic rings. The number of amides is 2. The minimum absolute atomic E-state index is 0.0362. The van der Waals surface area contributed by atoms with Crippen molar-refractivity contribution in [2.45, 2.75) is 57.5 Å². The van der Waals surface area contributed by atoms with Crippen molar-refractivity contribution >= 4 is 29.0 Å². The quantitative estimate of drug-likeness (QED) is 0.457. The molecule has 0 saturated carbocycles. The van der Waals surface area contributed by atoms with Crippen LogP contribution in [0.5, 0.6) is 0 Å². The molecule has 43 heavy (non-hydrogen) atoms. The molecule has 0 radical (unpaired) electrons. The van der Waals surface area contributed by atoms with Crippen molar-refractivity contribution in [1.29, 1.82) is 0 Å². The summed E-state index contributed by atoms with van der Waals surface area (Å²) in [6, 6.07) is 8.58. The Kier molecular flexibility index (Phi) is 7.16. The number of aryl methyl sites for hydroxylation is 2. The Morgan fingerprint density at radius 1 is 1.19 bits per heavy atom. The predicted molar refractivity (Wildman–Crippen MR) is 155 cm³/mol. The fourth-order valence-electron chi connectivity index (χ4n) is 6.34. The van der Waals surface area contributed by atoms with Crippen LogP contribution in [0.2, 0.25) is 0 Å². The molecule has 2 amide bonds. The summed E-state index contributed by atoms with van der Waals surface area (Å²) in [6.07, 6.45) is -2.53. The lowest BCUT2D eigenvalue weighted by Gasteiger charge is -2.39. The van der Waals surface area contributed by atoms with Crippen LogP contribution >= 0.6 is 0 Å². The summed E-state index contributed by atoms with van der Waals surface area (Å²) in [5, 5.41) is 3.52. The van der Waals surface area contributed by atoms with E-state index in [0.717, 1.165) is 45.1 Å². The highest BCUT2D eigenvalue weighted by Crippen LogP contribution is 2.39. The van der Waals surface area contributed by atoms with Crippen LogP contribution in [0.1, 0.15) is 46.5 Å². The van der Waals surface area contributed by atoms with Gasteiger partial charge < -0.3 is 14.5 Å². The van der Waals surface area contributed by atoms with Gasteiger partial charge in [0.2, 0.25) is 11.8 Å². The summed E-state index contributed by atoms with van der Waals surface area (Å²) >= 11 is 0. The zero-order valence-electron chi connectivity index (χ0n) is 24.5. The smallest absolute Gasteiger partial charge is 0.377 e. The highest BCUT2D eigenvalue weighted by atomic mass is 19.4. The van der Waals surface area contributed by atoms with Gasteiger partial charge in [0.15, 0.2) is 0 Å². The van der Waals surface area contributed by atoms with E-state index in [4.69, 9.17) is 9.72 Å². The summed E-state index contributed by atoms with van der Waals surface area (Å²) in [5.41, 5.74) is 4.61. The summed E-state index contributed by atoms with van der Waals surface area (Å²) in [6.45, 7) is 5.86.